The van der Waals surface area contributed by atoms with Crippen LogP contribution in [0.25, 0.3) is 0 Å². The molecule has 2 rings (SSSR count). The summed E-state index contributed by atoms with van der Waals surface area (Å²) in [5.74, 6) is 0. The molecule has 1 N–H and O–H groups in total. The highest BCUT2D eigenvalue weighted by molar-refractivity contribution is 9.11. The molecule has 4 nitrogen and oxygen atoms in total. The van der Waals surface area contributed by atoms with E-state index in [0.29, 0.717) is 6.61 Å². The topological polar surface area (TPSA) is 27.7 Å². The number of ether oxygens (including phenoxy) is 1. The van der Waals surface area contributed by atoms with E-state index in [1.165, 1.54) is 8.66 Å². The quantitative estimate of drug-likeness (QED) is 0.626. The highest BCUT2D eigenvalue weighted by Gasteiger charge is 2.19. The van der Waals surface area contributed by atoms with Crippen LogP contribution in [0.2, 0.25) is 0 Å². The zero-order valence-corrected chi connectivity index (χ0v) is 14.8. The van der Waals surface area contributed by atoms with E-state index in [4.69, 9.17) is 17.0 Å². The van der Waals surface area contributed by atoms with E-state index in [-0.39, 0.29) is 0 Å². The summed E-state index contributed by atoms with van der Waals surface area (Å²) in [7, 11) is 1.70. The molecule has 7 heteroatoms. The third-order valence-corrected chi connectivity index (χ3v) is 5.26. The summed E-state index contributed by atoms with van der Waals surface area (Å²) in [6.45, 7) is 6.60. The van der Waals surface area contributed by atoms with Crippen LogP contribution in [0.1, 0.15) is 4.88 Å². The van der Waals surface area contributed by atoms with Crippen molar-refractivity contribution in [3.63, 3.8) is 0 Å². The lowest BCUT2D eigenvalue weighted by Crippen LogP contribution is -2.51. The monoisotopic (exact) mass is 377 g/mol. The maximum Gasteiger partial charge on any atom is 0.169 e. The Morgan fingerprint density at radius 2 is 2.15 bits per heavy atom. The number of nitrogens with zero attached hydrogens (tertiary/aromatic N) is 2. The van der Waals surface area contributed by atoms with Crippen molar-refractivity contribution in [3.8, 4) is 0 Å². The van der Waals surface area contributed by atoms with Crippen LogP contribution in [-0.2, 0) is 11.3 Å². The molecular formula is C13H20BrN3OS2. The van der Waals surface area contributed by atoms with Gasteiger partial charge in [-0.25, -0.2) is 0 Å². The minimum absolute atomic E-state index is 0.688. The summed E-state index contributed by atoms with van der Waals surface area (Å²) in [6, 6.07) is 4.31. The molecule has 0 saturated carbocycles. The van der Waals surface area contributed by atoms with Crippen molar-refractivity contribution >= 4 is 44.6 Å². The predicted octanol–water partition coefficient (Wildman–Crippen LogP) is 2.15. The van der Waals surface area contributed by atoms with Gasteiger partial charge in [-0.1, -0.05) is 0 Å². The Morgan fingerprint density at radius 3 is 2.75 bits per heavy atom. The van der Waals surface area contributed by atoms with Crippen LogP contribution in [0.15, 0.2) is 15.9 Å². The largest absolute Gasteiger partial charge is 0.383 e. The Balaban J connectivity index is 1.70. The van der Waals surface area contributed by atoms with Crippen molar-refractivity contribution in [2.45, 2.75) is 6.54 Å². The number of nitrogens with one attached hydrogen (secondary N) is 1. The van der Waals surface area contributed by atoms with Gasteiger partial charge in [-0.15, -0.1) is 11.3 Å². The molecule has 0 radical (unpaired) electrons. The average molecular weight is 378 g/mol. The molecule has 1 fully saturated rings. The number of piperazine rings is 1. The summed E-state index contributed by atoms with van der Waals surface area (Å²) >= 11 is 10.7. The summed E-state index contributed by atoms with van der Waals surface area (Å²) in [5, 5.41) is 4.08. The number of thiophene rings is 1. The van der Waals surface area contributed by atoms with Crippen LogP contribution in [-0.4, -0.2) is 61.4 Å². The van der Waals surface area contributed by atoms with Crippen LogP contribution in [0.5, 0.6) is 0 Å². The van der Waals surface area contributed by atoms with Gasteiger partial charge in [0.05, 0.1) is 10.4 Å². The molecular weight excluding hydrogens is 358 g/mol. The number of rotatable bonds is 5. The molecule has 0 spiro atoms. The van der Waals surface area contributed by atoms with Crippen LogP contribution in [0.3, 0.4) is 0 Å². The fourth-order valence-electron chi connectivity index (χ4n) is 2.14. The fraction of sp³-hybridized carbons (Fsp3) is 0.615. The number of halogens is 1. The van der Waals surface area contributed by atoms with Crippen molar-refractivity contribution in [3.05, 3.63) is 20.8 Å². The predicted molar refractivity (Wildman–Crippen MR) is 91.3 cm³/mol. The second-order valence-corrected chi connectivity index (χ2v) is 7.63. The molecule has 20 heavy (non-hydrogen) atoms. The second-order valence-electron chi connectivity index (χ2n) is 4.69. The maximum atomic E-state index is 5.40. The maximum absolute atomic E-state index is 5.40. The summed E-state index contributed by atoms with van der Waals surface area (Å²) < 4.78 is 6.22. The van der Waals surface area contributed by atoms with E-state index in [1.54, 1.807) is 7.11 Å². The van der Waals surface area contributed by atoms with Gasteiger partial charge in [0.15, 0.2) is 5.11 Å². The van der Waals surface area contributed by atoms with Gasteiger partial charge in [-0.05, 0) is 40.3 Å². The zero-order chi connectivity index (χ0) is 14.4. The van der Waals surface area contributed by atoms with Gasteiger partial charge >= 0.3 is 0 Å². The van der Waals surface area contributed by atoms with Crippen molar-refractivity contribution in [1.82, 2.24) is 15.1 Å². The normalized spacial score (nSPS) is 16.4. The standard InChI is InChI=1S/C13H20BrN3OS2/c1-18-9-4-15-13(19)17-7-5-16(6-8-17)10-11-2-3-12(14)20-11/h2-3H,4-10H2,1H3,(H,15,19). The zero-order valence-electron chi connectivity index (χ0n) is 11.6. The van der Waals surface area contributed by atoms with E-state index in [0.717, 1.165) is 44.4 Å². The highest BCUT2D eigenvalue weighted by atomic mass is 79.9. The lowest BCUT2D eigenvalue weighted by atomic mass is 10.3. The molecule has 0 aromatic carbocycles. The molecule has 1 aliphatic rings. The molecule has 1 aliphatic heterocycles. The molecule has 0 atom stereocenters. The van der Waals surface area contributed by atoms with Crippen molar-refractivity contribution in [2.24, 2.45) is 0 Å². The number of methoxy groups -OCH3 is 1. The fourth-order valence-corrected chi connectivity index (χ4v) is 3.95. The van der Waals surface area contributed by atoms with Crippen LogP contribution >= 0.6 is 39.5 Å². The number of hydrogen-bond acceptors (Lipinski definition) is 4. The van der Waals surface area contributed by atoms with E-state index in [1.807, 2.05) is 11.3 Å². The third-order valence-electron chi connectivity index (χ3n) is 3.25. The van der Waals surface area contributed by atoms with E-state index < -0.39 is 0 Å². The smallest absolute Gasteiger partial charge is 0.169 e. The van der Waals surface area contributed by atoms with Crippen molar-refractivity contribution in [2.75, 3.05) is 46.4 Å². The molecule has 1 saturated heterocycles. The first-order valence-corrected chi connectivity index (χ1v) is 8.69. The van der Waals surface area contributed by atoms with Crippen LogP contribution in [0, 0.1) is 0 Å². The molecule has 1 aromatic heterocycles. The SMILES string of the molecule is COCCNC(=S)N1CCN(Cc2ccc(Br)s2)CC1. The van der Waals surface area contributed by atoms with Crippen LogP contribution < -0.4 is 5.32 Å². The molecule has 0 aliphatic carbocycles. The Bertz CT molecular complexity index is 433. The van der Waals surface area contributed by atoms with Gasteiger partial charge in [0.25, 0.3) is 0 Å². The first-order chi connectivity index (χ1) is 9.69. The first kappa shape index (κ1) is 16.2. The van der Waals surface area contributed by atoms with Gasteiger partial charge in [0.1, 0.15) is 0 Å². The van der Waals surface area contributed by atoms with E-state index in [2.05, 4.69) is 43.2 Å². The summed E-state index contributed by atoms with van der Waals surface area (Å²) in [4.78, 5) is 6.13. The lowest BCUT2D eigenvalue weighted by Gasteiger charge is -2.36. The highest BCUT2D eigenvalue weighted by Crippen LogP contribution is 2.23. The minimum atomic E-state index is 0.688. The molecule has 2 heterocycles. The van der Waals surface area contributed by atoms with E-state index >= 15 is 0 Å². The van der Waals surface area contributed by atoms with Crippen molar-refractivity contribution in [1.29, 1.82) is 0 Å². The summed E-state index contributed by atoms with van der Waals surface area (Å²) in [5.41, 5.74) is 0. The first-order valence-electron chi connectivity index (χ1n) is 6.67. The van der Waals surface area contributed by atoms with Crippen molar-refractivity contribution < 1.29 is 4.74 Å². The Kier molecular flexibility index (Phi) is 6.70. The molecule has 0 bridgehead atoms. The number of thiocarbonyl (C=S) groups is 1. The third kappa shape index (κ3) is 4.96. The second kappa shape index (κ2) is 8.29. The van der Waals surface area contributed by atoms with Crippen LogP contribution in [0.4, 0.5) is 0 Å². The van der Waals surface area contributed by atoms with Gasteiger partial charge in [-0.3, -0.25) is 4.90 Å². The van der Waals surface area contributed by atoms with Gasteiger partial charge < -0.3 is 15.0 Å². The Morgan fingerprint density at radius 1 is 1.40 bits per heavy atom. The average Bonchev–Trinajstić information content (AvgIpc) is 2.85. The Hall–Kier alpha value is -0.210. The lowest BCUT2D eigenvalue weighted by molar-refractivity contribution is 0.173. The minimum Gasteiger partial charge on any atom is -0.383 e. The van der Waals surface area contributed by atoms with Gasteiger partial charge in [-0.2, -0.15) is 0 Å². The van der Waals surface area contributed by atoms with Gasteiger partial charge in [0.2, 0.25) is 0 Å². The molecule has 1 aromatic rings. The molecule has 0 amide bonds. The Labute approximate surface area is 138 Å². The summed E-state index contributed by atoms with van der Waals surface area (Å²) in [6.07, 6.45) is 0. The molecule has 0 unspecified atom stereocenters. The van der Waals surface area contributed by atoms with E-state index in [9.17, 15) is 0 Å². The van der Waals surface area contributed by atoms with Gasteiger partial charge in [0, 0.05) is 51.3 Å². The number of hydrogen-bond donors (Lipinski definition) is 1. The molecule has 112 valence electrons.